The molecule has 1 aromatic rings. The van der Waals surface area contributed by atoms with Gasteiger partial charge in [-0.2, -0.15) is 11.8 Å². The fourth-order valence-electron chi connectivity index (χ4n) is 1.15. The molecular weight excluding hydrogens is 253 g/mol. The molecule has 2 rings (SSSR count). The number of thioether (sulfide) groups is 1. The first kappa shape index (κ1) is 9.34. The zero-order chi connectivity index (χ0) is 9.26. The van der Waals surface area contributed by atoms with Crippen molar-refractivity contribution >= 4 is 33.4 Å². The quantitative estimate of drug-likeness (QED) is 0.878. The maximum Gasteiger partial charge on any atom is 0.125 e. The topological polar surface area (TPSA) is 12.0 Å². The number of hydrogen-bond acceptors (Lipinski definition) is 2. The van der Waals surface area contributed by atoms with E-state index in [1.807, 2.05) is 11.8 Å². The van der Waals surface area contributed by atoms with E-state index in [-0.39, 0.29) is 5.82 Å². The van der Waals surface area contributed by atoms with Crippen molar-refractivity contribution in [3.63, 3.8) is 0 Å². The Kier molecular flexibility index (Phi) is 2.79. The van der Waals surface area contributed by atoms with Gasteiger partial charge in [-0.05, 0) is 34.1 Å². The summed E-state index contributed by atoms with van der Waals surface area (Å²) in [6.45, 7) is 0. The number of anilines is 1. The Labute approximate surface area is 89.2 Å². The monoisotopic (exact) mass is 261 g/mol. The fourth-order valence-corrected chi connectivity index (χ4v) is 2.15. The second kappa shape index (κ2) is 3.88. The normalized spacial score (nSPS) is 16.8. The maximum atomic E-state index is 12.9. The Bertz CT molecular complexity index is 314. The molecule has 1 saturated heterocycles. The summed E-state index contributed by atoms with van der Waals surface area (Å²) < 4.78 is 13.8. The molecule has 0 amide bonds. The van der Waals surface area contributed by atoms with Crippen molar-refractivity contribution in [2.24, 2.45) is 0 Å². The second-order valence-corrected chi connectivity index (χ2v) is 4.93. The summed E-state index contributed by atoms with van der Waals surface area (Å²) in [5, 5.41) is 3.28. The third-order valence-corrected chi connectivity index (χ3v) is 3.89. The number of halogens is 2. The first-order valence-corrected chi connectivity index (χ1v) is 6.00. The van der Waals surface area contributed by atoms with Crippen molar-refractivity contribution in [1.82, 2.24) is 0 Å². The van der Waals surface area contributed by atoms with E-state index >= 15 is 0 Å². The maximum absolute atomic E-state index is 12.9. The van der Waals surface area contributed by atoms with Crippen LogP contribution in [0.4, 0.5) is 10.1 Å². The highest BCUT2D eigenvalue weighted by molar-refractivity contribution is 9.10. The molecule has 0 bridgehead atoms. The van der Waals surface area contributed by atoms with E-state index in [9.17, 15) is 4.39 Å². The van der Waals surface area contributed by atoms with Gasteiger partial charge in [-0.15, -0.1) is 0 Å². The highest BCUT2D eigenvalue weighted by Crippen LogP contribution is 2.27. The van der Waals surface area contributed by atoms with Gasteiger partial charge in [0.1, 0.15) is 5.82 Å². The van der Waals surface area contributed by atoms with E-state index in [1.165, 1.54) is 12.1 Å². The van der Waals surface area contributed by atoms with Crippen molar-refractivity contribution < 1.29 is 4.39 Å². The SMILES string of the molecule is Fc1ccc(Br)c(NC2CSC2)c1. The molecule has 0 unspecified atom stereocenters. The molecule has 1 aliphatic rings. The van der Waals surface area contributed by atoms with Gasteiger partial charge >= 0.3 is 0 Å². The molecule has 0 aliphatic carbocycles. The van der Waals surface area contributed by atoms with Crippen LogP contribution in [0.2, 0.25) is 0 Å². The fraction of sp³-hybridized carbons (Fsp3) is 0.333. The second-order valence-electron chi connectivity index (χ2n) is 3.00. The van der Waals surface area contributed by atoms with Crippen LogP contribution in [0.25, 0.3) is 0 Å². The largest absolute Gasteiger partial charge is 0.380 e. The number of rotatable bonds is 2. The molecule has 0 spiro atoms. The summed E-state index contributed by atoms with van der Waals surface area (Å²) in [7, 11) is 0. The molecule has 1 fully saturated rings. The molecule has 1 aliphatic heterocycles. The molecule has 0 radical (unpaired) electrons. The van der Waals surface area contributed by atoms with Crippen molar-refractivity contribution in [3.05, 3.63) is 28.5 Å². The molecule has 70 valence electrons. The summed E-state index contributed by atoms with van der Waals surface area (Å²) in [5.74, 6) is 2.03. The van der Waals surface area contributed by atoms with Crippen LogP contribution in [-0.2, 0) is 0 Å². The molecule has 1 aromatic carbocycles. The molecule has 13 heavy (non-hydrogen) atoms. The van der Waals surface area contributed by atoms with Gasteiger partial charge < -0.3 is 5.32 Å². The third-order valence-electron chi connectivity index (χ3n) is 1.93. The summed E-state index contributed by atoms with van der Waals surface area (Å²) >= 11 is 5.28. The van der Waals surface area contributed by atoms with Crippen LogP contribution in [0, 0.1) is 5.82 Å². The zero-order valence-electron chi connectivity index (χ0n) is 6.89. The zero-order valence-corrected chi connectivity index (χ0v) is 9.29. The minimum absolute atomic E-state index is 0.197. The van der Waals surface area contributed by atoms with Gasteiger partial charge in [0.05, 0.1) is 5.69 Å². The molecule has 1 heterocycles. The van der Waals surface area contributed by atoms with Gasteiger partial charge in [0.25, 0.3) is 0 Å². The standard InChI is InChI=1S/C9H9BrFNS/c10-8-2-1-6(11)3-9(8)12-7-4-13-5-7/h1-3,7,12H,4-5H2. The lowest BCUT2D eigenvalue weighted by molar-refractivity contribution is 0.627. The highest BCUT2D eigenvalue weighted by atomic mass is 79.9. The van der Waals surface area contributed by atoms with Crippen LogP contribution in [0.1, 0.15) is 0 Å². The van der Waals surface area contributed by atoms with E-state index < -0.39 is 0 Å². The number of benzene rings is 1. The van der Waals surface area contributed by atoms with Crippen LogP contribution in [0.5, 0.6) is 0 Å². The first-order chi connectivity index (χ1) is 6.25. The molecule has 0 atom stereocenters. The summed E-state index contributed by atoms with van der Waals surface area (Å²) in [4.78, 5) is 0. The van der Waals surface area contributed by atoms with Crippen LogP contribution < -0.4 is 5.32 Å². The smallest absolute Gasteiger partial charge is 0.125 e. The van der Waals surface area contributed by atoms with Crippen LogP contribution in [0.3, 0.4) is 0 Å². The molecule has 0 aromatic heterocycles. The Morgan fingerprint density at radius 2 is 2.23 bits per heavy atom. The highest BCUT2D eigenvalue weighted by Gasteiger charge is 2.18. The predicted octanol–water partition coefficient (Wildman–Crippen LogP) is 3.12. The summed E-state index contributed by atoms with van der Waals surface area (Å²) in [6, 6.07) is 5.20. The van der Waals surface area contributed by atoms with Gasteiger partial charge in [-0.1, -0.05) is 0 Å². The molecule has 1 N–H and O–H groups in total. The van der Waals surface area contributed by atoms with Crippen molar-refractivity contribution in [1.29, 1.82) is 0 Å². The average Bonchev–Trinajstić information content (AvgIpc) is 2.03. The van der Waals surface area contributed by atoms with Crippen molar-refractivity contribution in [2.75, 3.05) is 16.8 Å². The van der Waals surface area contributed by atoms with Crippen LogP contribution in [-0.4, -0.2) is 17.5 Å². The van der Waals surface area contributed by atoms with Crippen LogP contribution >= 0.6 is 27.7 Å². The van der Waals surface area contributed by atoms with Crippen molar-refractivity contribution in [2.45, 2.75) is 6.04 Å². The minimum Gasteiger partial charge on any atom is -0.380 e. The van der Waals surface area contributed by atoms with Gasteiger partial charge in [-0.3, -0.25) is 0 Å². The molecular formula is C9H9BrFNS. The lowest BCUT2D eigenvalue weighted by Crippen LogP contribution is -2.33. The Morgan fingerprint density at radius 1 is 1.46 bits per heavy atom. The number of hydrogen-bond donors (Lipinski definition) is 1. The molecule has 0 saturated carbocycles. The van der Waals surface area contributed by atoms with E-state index in [2.05, 4.69) is 21.2 Å². The minimum atomic E-state index is -0.197. The lowest BCUT2D eigenvalue weighted by Gasteiger charge is -2.27. The lowest BCUT2D eigenvalue weighted by atomic mass is 10.2. The van der Waals surface area contributed by atoms with Gasteiger partial charge in [0, 0.05) is 22.0 Å². The third kappa shape index (κ3) is 2.17. The van der Waals surface area contributed by atoms with E-state index in [4.69, 9.17) is 0 Å². The molecule has 1 nitrogen and oxygen atoms in total. The van der Waals surface area contributed by atoms with E-state index in [0.717, 1.165) is 21.7 Å². The summed E-state index contributed by atoms with van der Waals surface area (Å²) in [6.07, 6.45) is 0. The van der Waals surface area contributed by atoms with Crippen molar-refractivity contribution in [3.8, 4) is 0 Å². The van der Waals surface area contributed by atoms with Gasteiger partial charge in [-0.25, -0.2) is 4.39 Å². The Balaban J connectivity index is 2.13. The van der Waals surface area contributed by atoms with E-state index in [0.29, 0.717) is 6.04 Å². The average molecular weight is 262 g/mol. The predicted molar refractivity (Wildman–Crippen MR) is 58.8 cm³/mol. The Morgan fingerprint density at radius 3 is 2.85 bits per heavy atom. The van der Waals surface area contributed by atoms with Gasteiger partial charge in [0.2, 0.25) is 0 Å². The Hall–Kier alpha value is -0.220. The summed E-state index contributed by atoms with van der Waals surface area (Å²) in [5.41, 5.74) is 0.852. The van der Waals surface area contributed by atoms with Gasteiger partial charge in [0.15, 0.2) is 0 Å². The first-order valence-electron chi connectivity index (χ1n) is 4.05. The number of nitrogens with one attached hydrogen (secondary N) is 1. The van der Waals surface area contributed by atoms with E-state index in [1.54, 1.807) is 6.07 Å². The van der Waals surface area contributed by atoms with Crippen LogP contribution in [0.15, 0.2) is 22.7 Å². The molecule has 4 heteroatoms.